The molecule has 0 fully saturated rings. The van der Waals surface area contributed by atoms with Gasteiger partial charge in [-0.1, -0.05) is 38.0 Å². The van der Waals surface area contributed by atoms with Crippen LogP contribution < -0.4 is 16.4 Å². The summed E-state index contributed by atoms with van der Waals surface area (Å²) in [6.07, 6.45) is 0.822. The van der Waals surface area contributed by atoms with Gasteiger partial charge in [0.15, 0.2) is 0 Å². The molecule has 4 N–H and O–H groups in total. The SMILES string of the molecule is CCC(C)C(N)C(=O)NCC(=O)Nc1c(C)cc(C)cc1C.Cl. The van der Waals surface area contributed by atoms with Gasteiger partial charge in [0.1, 0.15) is 0 Å². The first-order chi connectivity index (χ1) is 10.3. The zero-order valence-corrected chi connectivity index (χ0v) is 15.3. The van der Waals surface area contributed by atoms with E-state index in [9.17, 15) is 9.59 Å². The number of nitrogens with one attached hydrogen (secondary N) is 2. The Bertz CT molecular complexity index is 538. The van der Waals surface area contributed by atoms with E-state index in [1.165, 1.54) is 0 Å². The van der Waals surface area contributed by atoms with Crippen molar-refractivity contribution in [3.05, 3.63) is 28.8 Å². The molecule has 0 aliphatic carbocycles. The van der Waals surface area contributed by atoms with Crippen LogP contribution in [0.5, 0.6) is 0 Å². The number of halogens is 1. The second kappa shape index (κ2) is 9.53. The number of carbonyl (C=O) groups is 2. The van der Waals surface area contributed by atoms with Crippen LogP contribution in [0.1, 0.15) is 37.0 Å². The molecule has 0 spiro atoms. The fraction of sp³-hybridized carbons (Fsp3) is 0.529. The van der Waals surface area contributed by atoms with E-state index < -0.39 is 6.04 Å². The van der Waals surface area contributed by atoms with E-state index in [1.807, 2.05) is 46.8 Å². The zero-order chi connectivity index (χ0) is 16.9. The lowest BCUT2D eigenvalue weighted by Gasteiger charge is -2.18. The molecule has 2 amide bonds. The minimum Gasteiger partial charge on any atom is -0.346 e. The molecule has 0 bridgehead atoms. The average Bonchev–Trinajstić information content (AvgIpc) is 2.46. The van der Waals surface area contributed by atoms with E-state index in [1.54, 1.807) is 0 Å². The smallest absolute Gasteiger partial charge is 0.243 e. The fourth-order valence-electron chi connectivity index (χ4n) is 2.36. The number of aryl methyl sites for hydroxylation is 3. The summed E-state index contributed by atoms with van der Waals surface area (Å²) in [7, 11) is 0. The standard InChI is InChI=1S/C17H27N3O2.ClH/c1-6-11(3)15(18)17(22)19-9-14(21)20-16-12(4)7-10(2)8-13(16)5;/h7-8,11,15H,6,9,18H2,1-5H3,(H,19,22)(H,20,21);1H. The lowest BCUT2D eigenvalue weighted by molar-refractivity contribution is -0.125. The molecule has 1 rings (SSSR count). The van der Waals surface area contributed by atoms with Gasteiger partial charge in [0, 0.05) is 5.69 Å². The van der Waals surface area contributed by atoms with Crippen LogP contribution in [0.3, 0.4) is 0 Å². The Balaban J connectivity index is 0.00000484. The first-order valence-electron chi connectivity index (χ1n) is 7.67. The molecule has 0 aromatic heterocycles. The lowest BCUT2D eigenvalue weighted by atomic mass is 9.99. The Morgan fingerprint density at radius 2 is 1.70 bits per heavy atom. The Kier molecular flexibility index (Phi) is 8.87. The van der Waals surface area contributed by atoms with E-state index >= 15 is 0 Å². The molecular formula is C17H28ClN3O2. The number of nitrogens with two attached hydrogens (primary N) is 1. The van der Waals surface area contributed by atoms with Gasteiger partial charge in [0.25, 0.3) is 0 Å². The van der Waals surface area contributed by atoms with Gasteiger partial charge in [-0.3, -0.25) is 9.59 Å². The van der Waals surface area contributed by atoms with Gasteiger partial charge in [-0.25, -0.2) is 0 Å². The van der Waals surface area contributed by atoms with Crippen molar-refractivity contribution >= 4 is 29.9 Å². The second-order valence-corrected chi connectivity index (χ2v) is 5.95. The van der Waals surface area contributed by atoms with Crippen LogP contribution in [0.4, 0.5) is 5.69 Å². The molecular weight excluding hydrogens is 314 g/mol. The summed E-state index contributed by atoms with van der Waals surface area (Å²) in [6.45, 7) is 9.74. The van der Waals surface area contributed by atoms with E-state index in [0.717, 1.165) is 28.8 Å². The predicted octanol–water partition coefficient (Wildman–Crippen LogP) is 2.46. The molecule has 23 heavy (non-hydrogen) atoms. The van der Waals surface area contributed by atoms with Gasteiger partial charge in [-0.15, -0.1) is 12.4 Å². The third-order valence-corrected chi connectivity index (χ3v) is 3.92. The van der Waals surface area contributed by atoms with E-state index in [2.05, 4.69) is 10.6 Å². The number of rotatable bonds is 6. The third kappa shape index (κ3) is 6.20. The van der Waals surface area contributed by atoms with Gasteiger partial charge in [0.2, 0.25) is 11.8 Å². The third-order valence-electron chi connectivity index (χ3n) is 3.92. The van der Waals surface area contributed by atoms with Crippen molar-refractivity contribution in [3.8, 4) is 0 Å². The first-order valence-corrected chi connectivity index (χ1v) is 7.67. The van der Waals surface area contributed by atoms with E-state index in [-0.39, 0.29) is 36.7 Å². The number of anilines is 1. The molecule has 130 valence electrons. The van der Waals surface area contributed by atoms with Crippen LogP contribution >= 0.6 is 12.4 Å². The van der Waals surface area contributed by atoms with Crippen LogP contribution in [-0.4, -0.2) is 24.4 Å². The predicted molar refractivity (Wildman–Crippen MR) is 97.0 cm³/mol. The van der Waals surface area contributed by atoms with Crippen molar-refractivity contribution in [2.45, 2.75) is 47.1 Å². The van der Waals surface area contributed by atoms with Gasteiger partial charge < -0.3 is 16.4 Å². The van der Waals surface area contributed by atoms with Crippen LogP contribution in [0.15, 0.2) is 12.1 Å². The van der Waals surface area contributed by atoms with Gasteiger partial charge in [-0.2, -0.15) is 0 Å². The molecule has 0 saturated carbocycles. The summed E-state index contributed by atoms with van der Waals surface area (Å²) >= 11 is 0. The normalized spacial score (nSPS) is 12.8. The monoisotopic (exact) mass is 341 g/mol. The summed E-state index contributed by atoms with van der Waals surface area (Å²) in [6, 6.07) is 3.45. The van der Waals surface area contributed by atoms with Crippen LogP contribution in [-0.2, 0) is 9.59 Å². The minimum atomic E-state index is -0.583. The Labute approximate surface area is 144 Å². The summed E-state index contributed by atoms with van der Waals surface area (Å²) in [5, 5.41) is 5.44. The maximum atomic E-state index is 12.0. The summed E-state index contributed by atoms with van der Waals surface area (Å²) in [5.41, 5.74) is 9.80. The molecule has 0 radical (unpaired) electrons. The van der Waals surface area contributed by atoms with E-state index in [4.69, 9.17) is 5.73 Å². The molecule has 2 atom stereocenters. The molecule has 1 aromatic carbocycles. The molecule has 6 heteroatoms. The Morgan fingerprint density at radius 3 is 2.17 bits per heavy atom. The molecule has 1 aromatic rings. The van der Waals surface area contributed by atoms with Crippen molar-refractivity contribution in [1.29, 1.82) is 0 Å². The highest BCUT2D eigenvalue weighted by atomic mass is 35.5. The Hall–Kier alpha value is -1.59. The van der Waals surface area contributed by atoms with Crippen molar-refractivity contribution in [2.24, 2.45) is 11.7 Å². The molecule has 2 unspecified atom stereocenters. The maximum absolute atomic E-state index is 12.0. The van der Waals surface area contributed by atoms with Gasteiger partial charge >= 0.3 is 0 Å². The quantitative estimate of drug-likeness (QED) is 0.743. The van der Waals surface area contributed by atoms with Gasteiger partial charge in [-0.05, 0) is 37.8 Å². The Morgan fingerprint density at radius 1 is 1.17 bits per heavy atom. The molecule has 5 nitrogen and oxygen atoms in total. The topological polar surface area (TPSA) is 84.2 Å². The zero-order valence-electron chi connectivity index (χ0n) is 14.5. The highest BCUT2D eigenvalue weighted by molar-refractivity contribution is 5.96. The lowest BCUT2D eigenvalue weighted by Crippen LogP contribution is -2.46. The maximum Gasteiger partial charge on any atom is 0.243 e. The highest BCUT2D eigenvalue weighted by Crippen LogP contribution is 2.21. The van der Waals surface area contributed by atoms with E-state index in [0.29, 0.717) is 0 Å². The summed E-state index contributed by atoms with van der Waals surface area (Å²) < 4.78 is 0. The first kappa shape index (κ1) is 21.4. The number of benzene rings is 1. The largest absolute Gasteiger partial charge is 0.346 e. The summed E-state index contributed by atoms with van der Waals surface area (Å²) in [4.78, 5) is 23.9. The molecule has 0 heterocycles. The number of carbonyl (C=O) groups excluding carboxylic acids is 2. The number of amides is 2. The molecule has 0 saturated heterocycles. The molecule has 0 aliphatic rings. The minimum absolute atomic E-state index is 0. The number of hydrogen-bond donors (Lipinski definition) is 3. The van der Waals surface area contributed by atoms with Crippen molar-refractivity contribution < 1.29 is 9.59 Å². The number of hydrogen-bond acceptors (Lipinski definition) is 3. The average molecular weight is 342 g/mol. The van der Waals surface area contributed by atoms with Crippen molar-refractivity contribution in [1.82, 2.24) is 5.32 Å². The fourth-order valence-corrected chi connectivity index (χ4v) is 2.36. The van der Waals surface area contributed by atoms with Crippen LogP contribution in [0.2, 0.25) is 0 Å². The van der Waals surface area contributed by atoms with Crippen LogP contribution in [0, 0.1) is 26.7 Å². The van der Waals surface area contributed by atoms with Gasteiger partial charge in [0.05, 0.1) is 12.6 Å². The van der Waals surface area contributed by atoms with Crippen molar-refractivity contribution in [2.75, 3.05) is 11.9 Å². The molecule has 0 aliphatic heterocycles. The van der Waals surface area contributed by atoms with Crippen molar-refractivity contribution in [3.63, 3.8) is 0 Å². The van der Waals surface area contributed by atoms with Crippen LogP contribution in [0.25, 0.3) is 0 Å². The highest BCUT2D eigenvalue weighted by Gasteiger charge is 2.19. The second-order valence-electron chi connectivity index (χ2n) is 5.95. The summed E-state index contributed by atoms with van der Waals surface area (Å²) in [5.74, 6) is -0.453.